The van der Waals surface area contributed by atoms with E-state index in [0.717, 1.165) is 22.3 Å². The Hall–Kier alpha value is -4.18. The SMILES string of the molecule is Cn1nc(C(=O)NC(CO)C(=O)O)cc1NC(=O)OCC1c2ccccc2-c2ccccc21. The van der Waals surface area contributed by atoms with Crippen LogP contribution in [0.1, 0.15) is 27.5 Å². The second kappa shape index (κ2) is 9.13. The highest BCUT2D eigenvalue weighted by Gasteiger charge is 2.29. The Morgan fingerprint density at radius 2 is 1.70 bits per heavy atom. The van der Waals surface area contributed by atoms with E-state index < -0.39 is 30.6 Å². The molecule has 4 N–H and O–H groups in total. The molecule has 0 spiro atoms. The average molecular weight is 450 g/mol. The van der Waals surface area contributed by atoms with Crippen molar-refractivity contribution in [3.63, 3.8) is 0 Å². The van der Waals surface area contributed by atoms with E-state index in [1.165, 1.54) is 17.8 Å². The molecule has 2 aromatic carbocycles. The van der Waals surface area contributed by atoms with Gasteiger partial charge in [-0.1, -0.05) is 48.5 Å². The van der Waals surface area contributed by atoms with Gasteiger partial charge < -0.3 is 20.3 Å². The second-order valence-corrected chi connectivity index (χ2v) is 7.54. The first-order valence-electron chi connectivity index (χ1n) is 10.2. The van der Waals surface area contributed by atoms with E-state index in [9.17, 15) is 14.4 Å². The zero-order valence-corrected chi connectivity index (χ0v) is 17.7. The minimum absolute atomic E-state index is 0.0949. The molecule has 3 aromatic rings. The number of amides is 2. The van der Waals surface area contributed by atoms with Crippen LogP contribution < -0.4 is 10.6 Å². The van der Waals surface area contributed by atoms with Gasteiger partial charge in [-0.05, 0) is 22.3 Å². The molecule has 4 rings (SSSR count). The summed E-state index contributed by atoms with van der Waals surface area (Å²) in [5.74, 6) is -2.08. The molecule has 1 atom stereocenters. The van der Waals surface area contributed by atoms with Crippen LogP contribution in [0, 0.1) is 0 Å². The zero-order valence-electron chi connectivity index (χ0n) is 17.7. The van der Waals surface area contributed by atoms with Crippen LogP contribution in [0.4, 0.5) is 10.6 Å². The lowest BCUT2D eigenvalue weighted by Gasteiger charge is -2.14. The van der Waals surface area contributed by atoms with Gasteiger partial charge in [0, 0.05) is 19.0 Å². The zero-order chi connectivity index (χ0) is 23.5. The highest BCUT2D eigenvalue weighted by Crippen LogP contribution is 2.44. The van der Waals surface area contributed by atoms with E-state index >= 15 is 0 Å². The molecule has 2 amide bonds. The molecule has 1 unspecified atom stereocenters. The molecule has 0 radical (unpaired) electrons. The molecule has 1 aromatic heterocycles. The Kier molecular flexibility index (Phi) is 6.09. The molecule has 10 nitrogen and oxygen atoms in total. The number of nitrogens with zero attached hydrogens (tertiary/aromatic N) is 2. The molecule has 10 heteroatoms. The molecule has 0 fully saturated rings. The Balaban J connectivity index is 1.41. The molecular formula is C23H22N4O6. The number of carboxylic acid groups (broad SMARTS) is 1. The van der Waals surface area contributed by atoms with Crippen molar-refractivity contribution in [3.8, 4) is 11.1 Å². The Morgan fingerprint density at radius 1 is 1.09 bits per heavy atom. The summed E-state index contributed by atoms with van der Waals surface area (Å²) in [6.45, 7) is -0.638. The third-order valence-corrected chi connectivity index (χ3v) is 5.47. The van der Waals surface area contributed by atoms with Crippen LogP contribution in [0.25, 0.3) is 11.1 Å². The van der Waals surface area contributed by atoms with Crippen LogP contribution in [-0.4, -0.2) is 57.2 Å². The molecule has 1 heterocycles. The quantitative estimate of drug-likeness (QED) is 0.431. The number of ether oxygens (including phenoxy) is 1. The molecule has 33 heavy (non-hydrogen) atoms. The van der Waals surface area contributed by atoms with Gasteiger partial charge in [0.05, 0.1) is 6.61 Å². The predicted octanol–water partition coefficient (Wildman–Crippen LogP) is 1.96. The maximum absolute atomic E-state index is 12.5. The lowest BCUT2D eigenvalue weighted by molar-refractivity contribution is -0.140. The van der Waals surface area contributed by atoms with Crippen molar-refractivity contribution in [2.45, 2.75) is 12.0 Å². The maximum Gasteiger partial charge on any atom is 0.412 e. The summed E-state index contributed by atoms with van der Waals surface area (Å²) >= 11 is 0. The first-order chi connectivity index (χ1) is 15.9. The van der Waals surface area contributed by atoms with E-state index in [0.29, 0.717) is 0 Å². The predicted molar refractivity (Wildman–Crippen MR) is 118 cm³/mol. The highest BCUT2D eigenvalue weighted by atomic mass is 16.5. The third-order valence-electron chi connectivity index (χ3n) is 5.47. The van der Waals surface area contributed by atoms with E-state index in [1.807, 2.05) is 48.5 Å². The van der Waals surface area contributed by atoms with E-state index in [-0.39, 0.29) is 24.0 Å². The van der Waals surface area contributed by atoms with Gasteiger partial charge in [0.25, 0.3) is 5.91 Å². The van der Waals surface area contributed by atoms with Crippen molar-refractivity contribution in [3.05, 3.63) is 71.4 Å². The van der Waals surface area contributed by atoms with Crippen molar-refractivity contribution < 1.29 is 29.3 Å². The minimum atomic E-state index is -1.46. The summed E-state index contributed by atoms with van der Waals surface area (Å²) in [5, 5.41) is 26.7. The molecule has 0 bridgehead atoms. The van der Waals surface area contributed by atoms with Crippen LogP contribution in [-0.2, 0) is 16.6 Å². The number of anilines is 1. The maximum atomic E-state index is 12.5. The number of fused-ring (bicyclic) bond motifs is 3. The second-order valence-electron chi connectivity index (χ2n) is 7.54. The standard InChI is InChI=1S/C23H22N4O6/c1-27-20(10-18(26-27)21(29)24-19(11-28)22(30)31)25-23(32)33-12-17-15-8-4-2-6-13(15)14-7-3-5-9-16(14)17/h2-10,17,19,28H,11-12H2,1H3,(H,24,29)(H,25,32)(H,30,31). The van der Waals surface area contributed by atoms with Crippen molar-refractivity contribution in [1.82, 2.24) is 15.1 Å². The summed E-state index contributed by atoms with van der Waals surface area (Å²) in [5.41, 5.74) is 4.29. The number of aliphatic carboxylic acids is 1. The summed E-state index contributed by atoms with van der Waals surface area (Å²) in [6, 6.07) is 15.8. The highest BCUT2D eigenvalue weighted by molar-refractivity contribution is 5.96. The first-order valence-corrected chi connectivity index (χ1v) is 10.2. The summed E-state index contributed by atoms with van der Waals surface area (Å²) in [6.07, 6.45) is -0.717. The lowest BCUT2D eigenvalue weighted by atomic mass is 9.98. The fraction of sp³-hybridized carbons (Fsp3) is 0.217. The van der Waals surface area contributed by atoms with Crippen LogP contribution in [0.3, 0.4) is 0 Å². The topological polar surface area (TPSA) is 143 Å². The van der Waals surface area contributed by atoms with Gasteiger partial charge >= 0.3 is 12.1 Å². The third kappa shape index (κ3) is 4.41. The Morgan fingerprint density at radius 3 is 2.27 bits per heavy atom. The Bertz CT molecular complexity index is 1180. The largest absolute Gasteiger partial charge is 0.480 e. The number of hydrogen-bond donors (Lipinski definition) is 4. The number of nitrogens with one attached hydrogen (secondary N) is 2. The fourth-order valence-corrected chi connectivity index (χ4v) is 3.85. The molecular weight excluding hydrogens is 428 g/mol. The van der Waals surface area contributed by atoms with Crippen LogP contribution >= 0.6 is 0 Å². The van der Waals surface area contributed by atoms with Crippen LogP contribution in [0.2, 0.25) is 0 Å². The van der Waals surface area contributed by atoms with Crippen LogP contribution in [0.5, 0.6) is 0 Å². The number of rotatable bonds is 7. The number of aliphatic hydroxyl groups excluding tert-OH is 1. The number of aryl methyl sites for hydroxylation is 1. The average Bonchev–Trinajstić information content (AvgIpc) is 3.33. The molecule has 0 aliphatic heterocycles. The Labute approximate surface area is 188 Å². The van der Waals surface area contributed by atoms with Gasteiger partial charge in [-0.2, -0.15) is 5.10 Å². The summed E-state index contributed by atoms with van der Waals surface area (Å²) in [7, 11) is 1.51. The lowest BCUT2D eigenvalue weighted by Crippen LogP contribution is -2.43. The number of aromatic nitrogens is 2. The first kappa shape index (κ1) is 22.0. The van der Waals surface area contributed by atoms with E-state index in [1.54, 1.807) is 0 Å². The molecule has 0 saturated carbocycles. The minimum Gasteiger partial charge on any atom is -0.480 e. The number of carbonyl (C=O) groups excluding carboxylic acids is 2. The van der Waals surface area contributed by atoms with Crippen molar-refractivity contribution in [2.24, 2.45) is 7.05 Å². The normalized spacial score (nSPS) is 13.0. The van der Waals surface area contributed by atoms with Crippen molar-refractivity contribution >= 4 is 23.8 Å². The number of carbonyl (C=O) groups is 3. The number of benzene rings is 2. The van der Waals surface area contributed by atoms with Gasteiger partial charge in [0.1, 0.15) is 12.4 Å². The van der Waals surface area contributed by atoms with E-state index in [4.69, 9.17) is 14.9 Å². The molecule has 1 aliphatic carbocycles. The van der Waals surface area contributed by atoms with Gasteiger partial charge in [0.15, 0.2) is 11.7 Å². The van der Waals surface area contributed by atoms with Crippen molar-refractivity contribution in [1.29, 1.82) is 0 Å². The number of aliphatic hydroxyl groups is 1. The van der Waals surface area contributed by atoms with E-state index in [2.05, 4.69) is 15.7 Å². The van der Waals surface area contributed by atoms with Crippen LogP contribution in [0.15, 0.2) is 54.6 Å². The van der Waals surface area contributed by atoms with Gasteiger partial charge in [-0.3, -0.25) is 14.8 Å². The number of hydrogen-bond acceptors (Lipinski definition) is 6. The molecule has 170 valence electrons. The monoisotopic (exact) mass is 450 g/mol. The fourth-order valence-electron chi connectivity index (χ4n) is 3.85. The molecule has 1 aliphatic rings. The van der Waals surface area contributed by atoms with Gasteiger partial charge in [0.2, 0.25) is 0 Å². The molecule has 0 saturated heterocycles. The smallest absolute Gasteiger partial charge is 0.412 e. The summed E-state index contributed by atoms with van der Waals surface area (Å²) < 4.78 is 6.73. The van der Waals surface area contributed by atoms with Gasteiger partial charge in [-0.15, -0.1) is 0 Å². The number of carboxylic acids is 1. The van der Waals surface area contributed by atoms with Gasteiger partial charge in [-0.25, -0.2) is 9.59 Å². The van der Waals surface area contributed by atoms with Crippen molar-refractivity contribution in [2.75, 3.05) is 18.5 Å². The summed E-state index contributed by atoms with van der Waals surface area (Å²) in [4.78, 5) is 35.6.